The van der Waals surface area contributed by atoms with Gasteiger partial charge in [0.25, 0.3) is 5.69 Å². The van der Waals surface area contributed by atoms with Crippen LogP contribution in [-0.4, -0.2) is 22.4 Å². The third-order valence-corrected chi connectivity index (χ3v) is 3.32. The van der Waals surface area contributed by atoms with E-state index in [2.05, 4.69) is 15.6 Å². The lowest BCUT2D eigenvalue weighted by molar-refractivity contribution is -0.383. The molecule has 3 rings (SSSR count). The molecule has 1 heterocycles. The van der Waals surface area contributed by atoms with Gasteiger partial charge in [-0.25, -0.2) is 4.98 Å². The van der Waals surface area contributed by atoms with Crippen molar-refractivity contribution in [2.45, 2.75) is 6.92 Å². The molecule has 0 unspecified atom stereocenters. The SMILES string of the molecule is Cc1nc2cc(NC(=O)CNc3ccccc3[N+](=O)[O-])ccc2o1. The number of para-hydroxylation sites is 2. The molecule has 0 aliphatic rings. The molecule has 3 aromatic rings. The monoisotopic (exact) mass is 326 g/mol. The van der Waals surface area contributed by atoms with Crippen molar-refractivity contribution in [1.82, 2.24) is 4.98 Å². The molecule has 122 valence electrons. The van der Waals surface area contributed by atoms with Crippen molar-refractivity contribution in [3.05, 3.63) is 58.5 Å². The van der Waals surface area contributed by atoms with E-state index in [0.29, 0.717) is 28.4 Å². The molecule has 2 aromatic carbocycles. The van der Waals surface area contributed by atoms with Crippen LogP contribution in [0.3, 0.4) is 0 Å². The zero-order valence-corrected chi connectivity index (χ0v) is 12.8. The number of rotatable bonds is 5. The largest absolute Gasteiger partial charge is 0.441 e. The number of hydrogen-bond acceptors (Lipinski definition) is 6. The lowest BCUT2D eigenvalue weighted by Gasteiger charge is -2.08. The van der Waals surface area contributed by atoms with Crippen molar-refractivity contribution in [2.75, 3.05) is 17.2 Å². The molecule has 8 heteroatoms. The van der Waals surface area contributed by atoms with Crippen molar-refractivity contribution in [1.29, 1.82) is 0 Å². The summed E-state index contributed by atoms with van der Waals surface area (Å²) >= 11 is 0. The fourth-order valence-electron chi connectivity index (χ4n) is 2.28. The van der Waals surface area contributed by atoms with Gasteiger partial charge in [-0.1, -0.05) is 12.1 Å². The number of amides is 1. The van der Waals surface area contributed by atoms with Crippen LogP contribution >= 0.6 is 0 Å². The summed E-state index contributed by atoms with van der Waals surface area (Å²) in [6.07, 6.45) is 0. The van der Waals surface area contributed by atoms with Gasteiger partial charge in [-0.2, -0.15) is 0 Å². The highest BCUT2D eigenvalue weighted by Crippen LogP contribution is 2.23. The van der Waals surface area contributed by atoms with Crippen LogP contribution in [0.5, 0.6) is 0 Å². The zero-order valence-electron chi connectivity index (χ0n) is 12.8. The summed E-state index contributed by atoms with van der Waals surface area (Å²) in [7, 11) is 0. The summed E-state index contributed by atoms with van der Waals surface area (Å²) in [6.45, 7) is 1.65. The van der Waals surface area contributed by atoms with Crippen LogP contribution in [0, 0.1) is 17.0 Å². The molecule has 8 nitrogen and oxygen atoms in total. The first kappa shape index (κ1) is 15.5. The van der Waals surface area contributed by atoms with Crippen LogP contribution in [0.1, 0.15) is 5.89 Å². The molecule has 2 N–H and O–H groups in total. The quantitative estimate of drug-likeness (QED) is 0.550. The van der Waals surface area contributed by atoms with Gasteiger partial charge in [-0.15, -0.1) is 0 Å². The topological polar surface area (TPSA) is 110 Å². The standard InChI is InChI=1S/C16H14N4O4/c1-10-18-13-8-11(6-7-15(13)24-10)19-16(21)9-17-12-4-2-3-5-14(12)20(22)23/h2-8,17H,9H2,1H3,(H,19,21). The van der Waals surface area contributed by atoms with E-state index in [1.165, 1.54) is 6.07 Å². The second kappa shape index (κ2) is 6.37. The molecular formula is C16H14N4O4. The number of oxazole rings is 1. The molecular weight excluding hydrogens is 312 g/mol. The Morgan fingerprint density at radius 1 is 1.29 bits per heavy atom. The highest BCUT2D eigenvalue weighted by atomic mass is 16.6. The summed E-state index contributed by atoms with van der Waals surface area (Å²) in [6, 6.07) is 11.3. The Kier molecular flexibility index (Phi) is 4.11. The minimum absolute atomic E-state index is 0.0789. The van der Waals surface area contributed by atoms with Gasteiger partial charge in [0.15, 0.2) is 11.5 Å². The summed E-state index contributed by atoms with van der Waals surface area (Å²) < 4.78 is 5.37. The summed E-state index contributed by atoms with van der Waals surface area (Å²) in [5.74, 6) is 0.222. The molecule has 0 fully saturated rings. The number of nitrogens with zero attached hydrogens (tertiary/aromatic N) is 2. The second-order valence-electron chi connectivity index (χ2n) is 5.09. The molecule has 0 spiro atoms. The predicted molar refractivity (Wildman–Crippen MR) is 89.0 cm³/mol. The van der Waals surface area contributed by atoms with E-state index in [1.54, 1.807) is 43.3 Å². The van der Waals surface area contributed by atoms with Crippen LogP contribution in [0.15, 0.2) is 46.9 Å². The number of fused-ring (bicyclic) bond motifs is 1. The number of nitro groups is 1. The predicted octanol–water partition coefficient (Wildman–Crippen LogP) is 3.10. The minimum atomic E-state index is -0.499. The molecule has 0 aliphatic carbocycles. The Morgan fingerprint density at radius 3 is 2.88 bits per heavy atom. The average molecular weight is 326 g/mol. The number of nitrogens with one attached hydrogen (secondary N) is 2. The van der Waals surface area contributed by atoms with E-state index in [1.807, 2.05) is 0 Å². The van der Waals surface area contributed by atoms with Gasteiger partial charge >= 0.3 is 0 Å². The van der Waals surface area contributed by atoms with Crippen molar-refractivity contribution in [3.63, 3.8) is 0 Å². The summed E-state index contributed by atoms with van der Waals surface area (Å²) in [5, 5.41) is 16.4. The minimum Gasteiger partial charge on any atom is -0.441 e. The maximum absolute atomic E-state index is 12.0. The molecule has 1 amide bonds. The maximum atomic E-state index is 12.0. The Labute approximate surface area is 136 Å². The van der Waals surface area contributed by atoms with Gasteiger partial charge in [0, 0.05) is 18.7 Å². The van der Waals surface area contributed by atoms with E-state index in [4.69, 9.17) is 4.42 Å². The lowest BCUT2D eigenvalue weighted by Crippen LogP contribution is -2.22. The smallest absolute Gasteiger partial charge is 0.292 e. The number of anilines is 2. The highest BCUT2D eigenvalue weighted by molar-refractivity contribution is 5.95. The Bertz CT molecular complexity index is 919. The normalized spacial score (nSPS) is 10.5. The van der Waals surface area contributed by atoms with E-state index < -0.39 is 4.92 Å². The Morgan fingerprint density at radius 2 is 2.08 bits per heavy atom. The third-order valence-electron chi connectivity index (χ3n) is 3.32. The first-order chi connectivity index (χ1) is 11.5. The number of benzene rings is 2. The molecule has 24 heavy (non-hydrogen) atoms. The van der Waals surface area contributed by atoms with E-state index >= 15 is 0 Å². The number of carbonyl (C=O) groups excluding carboxylic acids is 1. The van der Waals surface area contributed by atoms with Gasteiger partial charge in [0.05, 0.1) is 11.5 Å². The number of hydrogen-bond donors (Lipinski definition) is 2. The second-order valence-corrected chi connectivity index (χ2v) is 5.09. The fourth-order valence-corrected chi connectivity index (χ4v) is 2.28. The molecule has 0 atom stereocenters. The molecule has 0 saturated heterocycles. The number of carbonyl (C=O) groups is 1. The van der Waals surface area contributed by atoms with Crippen LogP contribution in [-0.2, 0) is 4.79 Å². The first-order valence-electron chi connectivity index (χ1n) is 7.17. The van der Waals surface area contributed by atoms with E-state index in [-0.39, 0.29) is 18.1 Å². The van der Waals surface area contributed by atoms with Gasteiger partial charge < -0.3 is 15.1 Å². The lowest BCUT2D eigenvalue weighted by atomic mass is 10.2. The van der Waals surface area contributed by atoms with E-state index in [9.17, 15) is 14.9 Å². The number of aromatic nitrogens is 1. The van der Waals surface area contributed by atoms with Crippen LogP contribution in [0.2, 0.25) is 0 Å². The van der Waals surface area contributed by atoms with Gasteiger partial charge in [-0.05, 0) is 24.3 Å². The molecule has 0 bridgehead atoms. The zero-order chi connectivity index (χ0) is 17.1. The summed E-state index contributed by atoms with van der Waals surface area (Å²) in [5.41, 5.74) is 2.08. The maximum Gasteiger partial charge on any atom is 0.292 e. The van der Waals surface area contributed by atoms with Crippen LogP contribution in [0.25, 0.3) is 11.1 Å². The van der Waals surface area contributed by atoms with Gasteiger partial charge in [0.1, 0.15) is 11.2 Å². The molecule has 0 saturated carbocycles. The van der Waals surface area contributed by atoms with Gasteiger partial charge in [-0.3, -0.25) is 14.9 Å². The Hall–Kier alpha value is -3.42. The van der Waals surface area contributed by atoms with Crippen LogP contribution in [0.4, 0.5) is 17.1 Å². The number of nitro benzene ring substituents is 1. The molecule has 0 radical (unpaired) electrons. The van der Waals surface area contributed by atoms with Crippen molar-refractivity contribution < 1.29 is 14.1 Å². The van der Waals surface area contributed by atoms with Crippen molar-refractivity contribution >= 4 is 34.1 Å². The van der Waals surface area contributed by atoms with Gasteiger partial charge in [0.2, 0.25) is 5.91 Å². The average Bonchev–Trinajstić information content (AvgIpc) is 2.92. The first-order valence-corrected chi connectivity index (χ1v) is 7.17. The summed E-state index contributed by atoms with van der Waals surface area (Å²) in [4.78, 5) is 26.7. The van der Waals surface area contributed by atoms with E-state index in [0.717, 1.165) is 0 Å². The fraction of sp³-hybridized carbons (Fsp3) is 0.125. The third kappa shape index (κ3) is 3.32. The van der Waals surface area contributed by atoms with Crippen LogP contribution < -0.4 is 10.6 Å². The highest BCUT2D eigenvalue weighted by Gasteiger charge is 2.13. The number of aryl methyl sites for hydroxylation is 1. The molecule has 1 aromatic heterocycles. The molecule has 0 aliphatic heterocycles. The van der Waals surface area contributed by atoms with Crippen molar-refractivity contribution in [2.24, 2.45) is 0 Å². The Balaban J connectivity index is 1.66. The van der Waals surface area contributed by atoms with Crippen molar-refractivity contribution in [3.8, 4) is 0 Å².